The van der Waals surface area contributed by atoms with E-state index in [1.807, 2.05) is 0 Å². The topological polar surface area (TPSA) is 26.3 Å². The molecule has 5 heteroatoms. The molecule has 0 atom stereocenters. The number of rotatable bonds is 2. The molecule has 1 aromatic carbocycles. The van der Waals surface area contributed by atoms with E-state index >= 15 is 0 Å². The smallest absolute Gasteiger partial charge is 0.253 e. The average Bonchev–Trinajstić information content (AvgIpc) is 2.07. The number of halogens is 3. The zero-order valence-corrected chi connectivity index (χ0v) is 9.70. The van der Waals surface area contributed by atoms with Crippen molar-refractivity contribution in [1.82, 2.24) is 0 Å². The van der Waals surface area contributed by atoms with Crippen LogP contribution in [0.15, 0.2) is 16.6 Å². The van der Waals surface area contributed by atoms with Gasteiger partial charge in [-0.25, -0.2) is 0 Å². The Morgan fingerprint density at radius 1 is 1.54 bits per heavy atom. The summed E-state index contributed by atoms with van der Waals surface area (Å²) < 4.78 is 5.62. The molecule has 0 saturated carbocycles. The molecule has 70 valence electrons. The Kier molecular flexibility index (Phi) is 3.59. The third-order valence-electron chi connectivity index (χ3n) is 1.45. The maximum Gasteiger partial charge on any atom is 0.253 e. The summed E-state index contributed by atoms with van der Waals surface area (Å²) >= 11 is 14.3. The van der Waals surface area contributed by atoms with Gasteiger partial charge in [-0.05, 0) is 33.6 Å². The van der Waals surface area contributed by atoms with Crippen LogP contribution in [0.5, 0.6) is 5.75 Å². The SMILES string of the molecule is COc1cc(Cl)c(C(=O)Cl)cc1Br. The highest BCUT2D eigenvalue weighted by molar-refractivity contribution is 9.10. The molecule has 0 aliphatic carbocycles. The Balaban J connectivity index is 3.28. The lowest BCUT2D eigenvalue weighted by atomic mass is 10.2. The molecule has 0 fully saturated rings. The maximum atomic E-state index is 10.8. The van der Waals surface area contributed by atoms with Gasteiger partial charge in [0.15, 0.2) is 0 Å². The fraction of sp³-hybridized carbons (Fsp3) is 0.125. The molecule has 0 radical (unpaired) electrons. The summed E-state index contributed by atoms with van der Waals surface area (Å²) in [7, 11) is 1.51. The van der Waals surface area contributed by atoms with Gasteiger partial charge < -0.3 is 4.74 Å². The molecule has 0 aliphatic rings. The predicted molar refractivity (Wildman–Crippen MR) is 55.9 cm³/mol. The van der Waals surface area contributed by atoms with Crippen molar-refractivity contribution in [2.24, 2.45) is 0 Å². The van der Waals surface area contributed by atoms with Crippen LogP contribution >= 0.6 is 39.1 Å². The van der Waals surface area contributed by atoms with Crippen LogP contribution < -0.4 is 4.74 Å². The van der Waals surface area contributed by atoms with Crippen LogP contribution in [0.25, 0.3) is 0 Å². The Morgan fingerprint density at radius 2 is 2.15 bits per heavy atom. The van der Waals surface area contributed by atoms with Crippen LogP contribution in [0.2, 0.25) is 5.02 Å². The molecule has 0 unspecified atom stereocenters. The average molecular weight is 284 g/mol. The van der Waals surface area contributed by atoms with Gasteiger partial charge in [0.25, 0.3) is 5.24 Å². The van der Waals surface area contributed by atoms with E-state index in [4.69, 9.17) is 27.9 Å². The molecule has 0 N–H and O–H groups in total. The lowest BCUT2D eigenvalue weighted by Gasteiger charge is -2.05. The first kappa shape index (κ1) is 10.8. The van der Waals surface area contributed by atoms with Gasteiger partial charge in [-0.15, -0.1) is 0 Å². The summed E-state index contributed by atoms with van der Waals surface area (Å²) in [6.07, 6.45) is 0. The largest absolute Gasteiger partial charge is 0.496 e. The van der Waals surface area contributed by atoms with Gasteiger partial charge in [0.1, 0.15) is 5.75 Å². The van der Waals surface area contributed by atoms with E-state index < -0.39 is 5.24 Å². The molecule has 0 spiro atoms. The normalized spacial score (nSPS) is 9.85. The molecule has 1 aromatic rings. The van der Waals surface area contributed by atoms with Gasteiger partial charge >= 0.3 is 0 Å². The molecule has 0 saturated heterocycles. The van der Waals surface area contributed by atoms with Crippen molar-refractivity contribution in [3.8, 4) is 5.75 Å². The first-order valence-electron chi connectivity index (χ1n) is 3.29. The molecule has 13 heavy (non-hydrogen) atoms. The van der Waals surface area contributed by atoms with Gasteiger partial charge in [-0.1, -0.05) is 11.6 Å². The Hall–Kier alpha value is -0.250. The van der Waals surface area contributed by atoms with Crippen LogP contribution in [-0.4, -0.2) is 12.4 Å². The van der Waals surface area contributed by atoms with Crippen molar-refractivity contribution in [3.63, 3.8) is 0 Å². The van der Waals surface area contributed by atoms with Crippen molar-refractivity contribution < 1.29 is 9.53 Å². The number of hydrogen-bond donors (Lipinski definition) is 0. The minimum atomic E-state index is -0.589. The third kappa shape index (κ3) is 2.36. The number of carbonyl (C=O) groups is 1. The van der Waals surface area contributed by atoms with E-state index in [1.54, 1.807) is 0 Å². The Bertz CT molecular complexity index is 352. The first-order valence-corrected chi connectivity index (χ1v) is 4.84. The second-order valence-corrected chi connectivity index (χ2v) is 3.85. The summed E-state index contributed by atoms with van der Waals surface area (Å²) in [5.74, 6) is 0.562. The third-order valence-corrected chi connectivity index (χ3v) is 2.59. The molecule has 0 amide bonds. The first-order chi connectivity index (χ1) is 6.06. The minimum Gasteiger partial charge on any atom is -0.496 e. The van der Waals surface area contributed by atoms with E-state index in [9.17, 15) is 4.79 Å². The molecule has 0 bridgehead atoms. The fourth-order valence-corrected chi connectivity index (χ4v) is 1.79. The second kappa shape index (κ2) is 4.31. The summed E-state index contributed by atoms with van der Waals surface area (Å²) in [6.45, 7) is 0. The van der Waals surface area contributed by atoms with Crippen molar-refractivity contribution in [1.29, 1.82) is 0 Å². The highest BCUT2D eigenvalue weighted by Gasteiger charge is 2.11. The van der Waals surface area contributed by atoms with E-state index in [2.05, 4.69) is 15.9 Å². The van der Waals surface area contributed by atoms with Crippen molar-refractivity contribution in [2.45, 2.75) is 0 Å². The van der Waals surface area contributed by atoms with Crippen LogP contribution in [0, 0.1) is 0 Å². The minimum absolute atomic E-state index is 0.260. The zero-order chi connectivity index (χ0) is 10.0. The lowest BCUT2D eigenvalue weighted by molar-refractivity contribution is 0.108. The van der Waals surface area contributed by atoms with Crippen molar-refractivity contribution in [2.75, 3.05) is 7.11 Å². The molecular weight excluding hydrogens is 279 g/mol. The van der Waals surface area contributed by atoms with E-state index in [0.29, 0.717) is 10.2 Å². The van der Waals surface area contributed by atoms with Crippen molar-refractivity contribution >= 4 is 44.4 Å². The Labute approximate surface area is 93.9 Å². The molecular formula is C8H5BrCl2O2. The van der Waals surface area contributed by atoms with Gasteiger partial charge in [0.2, 0.25) is 0 Å². The van der Waals surface area contributed by atoms with E-state index in [-0.39, 0.29) is 10.6 Å². The van der Waals surface area contributed by atoms with E-state index in [1.165, 1.54) is 19.2 Å². The number of benzene rings is 1. The Morgan fingerprint density at radius 3 is 2.62 bits per heavy atom. The fourth-order valence-electron chi connectivity index (χ4n) is 0.836. The number of carbonyl (C=O) groups excluding carboxylic acids is 1. The molecule has 1 rings (SSSR count). The van der Waals surface area contributed by atoms with Crippen LogP contribution in [0.1, 0.15) is 10.4 Å². The monoisotopic (exact) mass is 282 g/mol. The highest BCUT2D eigenvalue weighted by Crippen LogP contribution is 2.31. The lowest BCUT2D eigenvalue weighted by Crippen LogP contribution is -1.93. The van der Waals surface area contributed by atoms with Gasteiger partial charge in [-0.3, -0.25) is 4.79 Å². The molecule has 0 heterocycles. The van der Waals surface area contributed by atoms with Crippen molar-refractivity contribution in [3.05, 3.63) is 27.2 Å². The summed E-state index contributed by atoms with van der Waals surface area (Å²) in [5.41, 5.74) is 0.260. The van der Waals surface area contributed by atoms with Gasteiger partial charge in [0.05, 0.1) is 22.2 Å². The predicted octanol–water partition coefficient (Wildman–Crippen LogP) is 3.49. The zero-order valence-electron chi connectivity index (χ0n) is 6.61. The maximum absolute atomic E-state index is 10.8. The molecule has 0 aliphatic heterocycles. The highest BCUT2D eigenvalue weighted by atomic mass is 79.9. The second-order valence-electron chi connectivity index (χ2n) is 2.24. The summed E-state index contributed by atoms with van der Waals surface area (Å²) in [5, 5.41) is -0.312. The number of ether oxygens (including phenoxy) is 1. The van der Waals surface area contributed by atoms with Crippen LogP contribution in [0.4, 0.5) is 0 Å². The van der Waals surface area contributed by atoms with Gasteiger partial charge in [-0.2, -0.15) is 0 Å². The summed E-state index contributed by atoms with van der Waals surface area (Å²) in [6, 6.07) is 3.05. The quantitative estimate of drug-likeness (QED) is 0.777. The van der Waals surface area contributed by atoms with Crippen LogP contribution in [-0.2, 0) is 0 Å². The number of hydrogen-bond acceptors (Lipinski definition) is 2. The van der Waals surface area contributed by atoms with Crippen LogP contribution in [0.3, 0.4) is 0 Å². The molecule has 2 nitrogen and oxygen atoms in total. The van der Waals surface area contributed by atoms with Gasteiger partial charge in [0, 0.05) is 6.07 Å². The number of methoxy groups -OCH3 is 1. The standard InChI is InChI=1S/C8H5BrCl2O2/c1-13-7-3-6(10)4(8(11)12)2-5(7)9/h2-3H,1H3. The van der Waals surface area contributed by atoms with E-state index in [0.717, 1.165) is 0 Å². The molecule has 0 aromatic heterocycles. The summed E-state index contributed by atoms with van der Waals surface area (Å²) in [4.78, 5) is 10.8.